The number of aromatic nitrogens is 2. The lowest BCUT2D eigenvalue weighted by Crippen LogP contribution is -1.95. The third-order valence-electron chi connectivity index (χ3n) is 2.42. The van der Waals surface area contributed by atoms with Crippen molar-refractivity contribution >= 4 is 29.2 Å². The predicted molar refractivity (Wildman–Crippen MR) is 70.3 cm³/mol. The molecule has 0 saturated heterocycles. The number of rotatable bonds is 5. The molecule has 0 radical (unpaired) electrons. The van der Waals surface area contributed by atoms with Gasteiger partial charge in [0, 0.05) is 12.8 Å². The number of halogens is 2. The Morgan fingerprint density at radius 1 is 1.26 bits per heavy atom. The van der Waals surface area contributed by atoms with Crippen molar-refractivity contribution < 1.29 is 14.3 Å². The SMILES string of the molecule is O=C(O)CCCc1nnc(-c2c(Cl)cccc2Cl)o1. The molecule has 2 aromatic rings. The number of hydrogen-bond acceptors (Lipinski definition) is 4. The fourth-order valence-electron chi connectivity index (χ4n) is 1.55. The summed E-state index contributed by atoms with van der Waals surface area (Å²) in [5, 5.41) is 17.1. The van der Waals surface area contributed by atoms with E-state index in [0.717, 1.165) is 0 Å². The van der Waals surface area contributed by atoms with Gasteiger partial charge in [0.2, 0.25) is 5.89 Å². The molecule has 0 aliphatic heterocycles. The first-order valence-electron chi connectivity index (χ1n) is 5.56. The first kappa shape index (κ1) is 13.8. The maximum atomic E-state index is 10.4. The van der Waals surface area contributed by atoms with E-state index in [1.807, 2.05) is 0 Å². The summed E-state index contributed by atoms with van der Waals surface area (Å²) >= 11 is 12.1. The molecule has 1 heterocycles. The van der Waals surface area contributed by atoms with Gasteiger partial charge in [0.25, 0.3) is 5.89 Å². The Balaban J connectivity index is 2.15. The molecule has 0 aliphatic carbocycles. The van der Waals surface area contributed by atoms with Crippen LogP contribution in [-0.4, -0.2) is 21.3 Å². The highest BCUT2D eigenvalue weighted by Crippen LogP contribution is 2.33. The first-order valence-corrected chi connectivity index (χ1v) is 6.32. The molecule has 0 amide bonds. The summed E-state index contributed by atoms with van der Waals surface area (Å²) in [6, 6.07) is 5.08. The summed E-state index contributed by atoms with van der Waals surface area (Å²) < 4.78 is 5.43. The molecule has 0 aliphatic rings. The molecule has 0 saturated carbocycles. The van der Waals surface area contributed by atoms with E-state index in [9.17, 15) is 4.79 Å². The maximum Gasteiger partial charge on any atom is 0.303 e. The average Bonchev–Trinajstić information content (AvgIpc) is 2.77. The summed E-state index contributed by atoms with van der Waals surface area (Å²) in [5.74, 6) is -0.248. The highest BCUT2D eigenvalue weighted by Gasteiger charge is 2.15. The van der Waals surface area contributed by atoms with Crippen molar-refractivity contribution in [1.82, 2.24) is 10.2 Å². The Labute approximate surface area is 119 Å². The Kier molecular flexibility index (Phi) is 4.39. The normalized spacial score (nSPS) is 10.6. The van der Waals surface area contributed by atoms with Crippen molar-refractivity contribution in [2.45, 2.75) is 19.3 Å². The minimum Gasteiger partial charge on any atom is -0.481 e. The average molecular weight is 301 g/mol. The number of benzene rings is 1. The van der Waals surface area contributed by atoms with E-state index in [2.05, 4.69) is 10.2 Å². The van der Waals surface area contributed by atoms with Crippen molar-refractivity contribution in [3.63, 3.8) is 0 Å². The van der Waals surface area contributed by atoms with E-state index >= 15 is 0 Å². The van der Waals surface area contributed by atoms with Crippen LogP contribution in [0.25, 0.3) is 11.5 Å². The Bertz CT molecular complexity index is 578. The van der Waals surface area contributed by atoms with Crippen LogP contribution in [0.3, 0.4) is 0 Å². The van der Waals surface area contributed by atoms with Gasteiger partial charge in [0.05, 0.1) is 15.6 Å². The molecular weight excluding hydrogens is 291 g/mol. The van der Waals surface area contributed by atoms with Gasteiger partial charge in [0.1, 0.15) is 0 Å². The van der Waals surface area contributed by atoms with Crippen molar-refractivity contribution in [2.75, 3.05) is 0 Å². The number of hydrogen-bond donors (Lipinski definition) is 1. The first-order chi connectivity index (χ1) is 9.08. The van der Waals surface area contributed by atoms with E-state index in [4.69, 9.17) is 32.7 Å². The van der Waals surface area contributed by atoms with Crippen LogP contribution in [0.5, 0.6) is 0 Å². The molecule has 1 N–H and O–H groups in total. The largest absolute Gasteiger partial charge is 0.481 e. The molecule has 2 rings (SSSR count). The van der Waals surface area contributed by atoms with Crippen LogP contribution in [0.1, 0.15) is 18.7 Å². The molecule has 1 aromatic carbocycles. The van der Waals surface area contributed by atoms with E-state index in [-0.39, 0.29) is 12.3 Å². The third-order valence-corrected chi connectivity index (χ3v) is 3.05. The fraction of sp³-hybridized carbons (Fsp3) is 0.250. The standard InChI is InChI=1S/C12H10Cl2N2O3/c13-7-3-1-4-8(14)11(7)12-16-15-9(19-12)5-2-6-10(17)18/h1,3-4H,2,5-6H2,(H,17,18). The molecule has 0 spiro atoms. The monoisotopic (exact) mass is 300 g/mol. The molecule has 0 atom stereocenters. The van der Waals surface area contributed by atoms with Gasteiger partial charge in [0.15, 0.2) is 0 Å². The zero-order valence-corrected chi connectivity index (χ0v) is 11.3. The van der Waals surface area contributed by atoms with Crippen molar-refractivity contribution in [3.8, 4) is 11.5 Å². The van der Waals surface area contributed by atoms with Crippen LogP contribution < -0.4 is 0 Å². The topological polar surface area (TPSA) is 76.2 Å². The quantitative estimate of drug-likeness (QED) is 0.915. The fourth-order valence-corrected chi connectivity index (χ4v) is 2.11. The highest BCUT2D eigenvalue weighted by molar-refractivity contribution is 6.38. The summed E-state index contributed by atoms with van der Waals surface area (Å²) in [5.41, 5.74) is 0.489. The minimum atomic E-state index is -0.853. The molecule has 19 heavy (non-hydrogen) atoms. The molecule has 0 fully saturated rings. The second-order valence-corrected chi connectivity index (χ2v) is 4.66. The smallest absolute Gasteiger partial charge is 0.303 e. The Morgan fingerprint density at radius 2 is 1.95 bits per heavy atom. The van der Waals surface area contributed by atoms with Gasteiger partial charge in [-0.1, -0.05) is 29.3 Å². The number of aliphatic carboxylic acids is 1. The van der Waals surface area contributed by atoms with E-state index in [1.54, 1.807) is 18.2 Å². The van der Waals surface area contributed by atoms with E-state index in [0.29, 0.717) is 34.3 Å². The van der Waals surface area contributed by atoms with Gasteiger partial charge in [-0.3, -0.25) is 4.79 Å². The highest BCUT2D eigenvalue weighted by atomic mass is 35.5. The lowest BCUT2D eigenvalue weighted by Gasteiger charge is -2.00. The summed E-state index contributed by atoms with van der Waals surface area (Å²) in [6.07, 6.45) is 0.902. The summed E-state index contributed by atoms with van der Waals surface area (Å²) in [4.78, 5) is 10.4. The molecular formula is C12H10Cl2N2O3. The van der Waals surface area contributed by atoms with Gasteiger partial charge in [-0.15, -0.1) is 10.2 Å². The van der Waals surface area contributed by atoms with Crippen LogP contribution in [0.2, 0.25) is 10.0 Å². The predicted octanol–water partition coefficient (Wildman–Crippen LogP) is 3.45. The third kappa shape index (κ3) is 3.45. The van der Waals surface area contributed by atoms with E-state index < -0.39 is 5.97 Å². The van der Waals surface area contributed by atoms with Gasteiger partial charge < -0.3 is 9.52 Å². The van der Waals surface area contributed by atoms with Gasteiger partial charge >= 0.3 is 5.97 Å². The number of carbonyl (C=O) groups is 1. The van der Waals surface area contributed by atoms with Crippen LogP contribution in [0.4, 0.5) is 0 Å². The summed E-state index contributed by atoms with van der Waals surface area (Å²) in [6.45, 7) is 0. The molecule has 100 valence electrons. The van der Waals surface area contributed by atoms with Gasteiger partial charge in [-0.25, -0.2) is 0 Å². The Morgan fingerprint density at radius 3 is 2.58 bits per heavy atom. The molecule has 0 unspecified atom stereocenters. The van der Waals surface area contributed by atoms with Crippen LogP contribution in [0, 0.1) is 0 Å². The number of carboxylic acid groups (broad SMARTS) is 1. The van der Waals surface area contributed by atoms with Crippen LogP contribution >= 0.6 is 23.2 Å². The Hall–Kier alpha value is -1.59. The van der Waals surface area contributed by atoms with Gasteiger partial charge in [-0.2, -0.15) is 0 Å². The van der Waals surface area contributed by atoms with Crippen LogP contribution in [-0.2, 0) is 11.2 Å². The zero-order chi connectivity index (χ0) is 13.8. The molecule has 1 aromatic heterocycles. The number of aryl methyl sites for hydroxylation is 1. The van der Waals surface area contributed by atoms with E-state index in [1.165, 1.54) is 0 Å². The lowest BCUT2D eigenvalue weighted by molar-refractivity contribution is -0.137. The number of carboxylic acids is 1. The van der Waals surface area contributed by atoms with Gasteiger partial charge in [-0.05, 0) is 18.6 Å². The summed E-state index contributed by atoms with van der Waals surface area (Å²) in [7, 11) is 0. The molecule has 0 bridgehead atoms. The zero-order valence-electron chi connectivity index (χ0n) is 9.77. The number of nitrogens with zero attached hydrogens (tertiary/aromatic N) is 2. The molecule has 7 heteroatoms. The second-order valence-electron chi connectivity index (χ2n) is 3.84. The lowest BCUT2D eigenvalue weighted by atomic mass is 10.2. The maximum absolute atomic E-state index is 10.4. The van der Waals surface area contributed by atoms with Crippen molar-refractivity contribution in [2.24, 2.45) is 0 Å². The minimum absolute atomic E-state index is 0.0601. The second kappa shape index (κ2) is 6.04. The van der Waals surface area contributed by atoms with Crippen molar-refractivity contribution in [1.29, 1.82) is 0 Å². The molecule has 5 nitrogen and oxygen atoms in total. The van der Waals surface area contributed by atoms with Crippen LogP contribution in [0.15, 0.2) is 22.6 Å². The van der Waals surface area contributed by atoms with Crippen molar-refractivity contribution in [3.05, 3.63) is 34.1 Å².